The topological polar surface area (TPSA) is 58.0 Å². The summed E-state index contributed by atoms with van der Waals surface area (Å²) in [7, 11) is 0. The Kier molecular flexibility index (Phi) is 3.72. The van der Waals surface area contributed by atoms with E-state index in [0.717, 1.165) is 24.5 Å². The molecular formula is C12H19N3O. The van der Waals surface area contributed by atoms with Crippen molar-refractivity contribution in [1.82, 2.24) is 9.97 Å². The summed E-state index contributed by atoms with van der Waals surface area (Å²) in [5.41, 5.74) is 0.981. The summed E-state index contributed by atoms with van der Waals surface area (Å²) in [6.07, 6.45) is 6.24. The molecule has 2 unspecified atom stereocenters. The van der Waals surface area contributed by atoms with E-state index < -0.39 is 0 Å². The minimum absolute atomic E-state index is 0.275. The van der Waals surface area contributed by atoms with Gasteiger partial charge in [0.2, 0.25) is 5.95 Å². The van der Waals surface area contributed by atoms with E-state index in [1.807, 2.05) is 13.0 Å². The third-order valence-corrected chi connectivity index (χ3v) is 3.27. The molecule has 0 amide bonds. The first-order valence-corrected chi connectivity index (χ1v) is 5.96. The molecule has 4 nitrogen and oxygen atoms in total. The molecule has 0 radical (unpaired) electrons. The average Bonchev–Trinajstić information content (AvgIpc) is 2.66. The lowest BCUT2D eigenvalue weighted by Crippen LogP contribution is -2.25. The van der Waals surface area contributed by atoms with Gasteiger partial charge in [-0.3, -0.25) is 0 Å². The number of aromatic nitrogens is 2. The van der Waals surface area contributed by atoms with E-state index in [1.165, 1.54) is 12.8 Å². The van der Waals surface area contributed by atoms with Gasteiger partial charge in [0.1, 0.15) is 0 Å². The first-order chi connectivity index (χ1) is 7.79. The van der Waals surface area contributed by atoms with Crippen LogP contribution in [-0.2, 0) is 0 Å². The van der Waals surface area contributed by atoms with Gasteiger partial charge in [-0.1, -0.05) is 6.42 Å². The Morgan fingerprint density at radius 3 is 3.12 bits per heavy atom. The van der Waals surface area contributed by atoms with Gasteiger partial charge < -0.3 is 10.4 Å². The Labute approximate surface area is 96.1 Å². The molecule has 0 saturated heterocycles. The molecule has 2 N–H and O–H groups in total. The van der Waals surface area contributed by atoms with Crippen molar-refractivity contribution in [3.63, 3.8) is 0 Å². The molecule has 1 aliphatic rings. The zero-order chi connectivity index (χ0) is 11.4. The Morgan fingerprint density at radius 2 is 2.38 bits per heavy atom. The van der Waals surface area contributed by atoms with Gasteiger partial charge in [0.15, 0.2) is 0 Å². The molecule has 1 saturated carbocycles. The lowest BCUT2D eigenvalue weighted by atomic mass is 10.0. The number of hydrogen-bond donors (Lipinski definition) is 2. The van der Waals surface area contributed by atoms with Crippen LogP contribution in [0.1, 0.15) is 31.4 Å². The van der Waals surface area contributed by atoms with E-state index >= 15 is 0 Å². The van der Waals surface area contributed by atoms with Crippen molar-refractivity contribution < 1.29 is 5.11 Å². The summed E-state index contributed by atoms with van der Waals surface area (Å²) < 4.78 is 0. The summed E-state index contributed by atoms with van der Waals surface area (Å²) in [4.78, 5) is 8.56. The maximum Gasteiger partial charge on any atom is 0.223 e. The summed E-state index contributed by atoms with van der Waals surface area (Å²) in [5.74, 6) is 1.28. The molecule has 16 heavy (non-hydrogen) atoms. The fourth-order valence-electron chi connectivity index (χ4n) is 2.42. The highest BCUT2D eigenvalue weighted by Gasteiger charge is 2.27. The molecule has 1 aromatic rings. The highest BCUT2D eigenvalue weighted by molar-refractivity contribution is 5.27. The fraction of sp³-hybridized carbons (Fsp3) is 0.667. The minimum Gasteiger partial charge on any atom is -0.396 e. The SMILES string of the molecule is Cc1ccnc(NC2CCCC2CCO)n1. The molecule has 1 aliphatic carbocycles. The summed E-state index contributed by atoms with van der Waals surface area (Å²) in [6.45, 7) is 2.24. The van der Waals surface area contributed by atoms with E-state index in [2.05, 4.69) is 15.3 Å². The van der Waals surface area contributed by atoms with Crippen LogP contribution in [-0.4, -0.2) is 27.7 Å². The number of hydrogen-bond acceptors (Lipinski definition) is 4. The molecule has 0 bridgehead atoms. The molecule has 1 fully saturated rings. The Balaban J connectivity index is 1.98. The number of nitrogens with zero attached hydrogens (tertiary/aromatic N) is 2. The van der Waals surface area contributed by atoms with Crippen LogP contribution in [0.15, 0.2) is 12.3 Å². The second kappa shape index (κ2) is 5.25. The maximum absolute atomic E-state index is 9.00. The molecule has 0 aliphatic heterocycles. The van der Waals surface area contributed by atoms with Gasteiger partial charge in [-0.25, -0.2) is 9.97 Å². The minimum atomic E-state index is 0.275. The van der Waals surface area contributed by atoms with Crippen molar-refractivity contribution in [2.75, 3.05) is 11.9 Å². The summed E-state index contributed by atoms with van der Waals surface area (Å²) >= 11 is 0. The largest absolute Gasteiger partial charge is 0.396 e. The molecule has 4 heteroatoms. The van der Waals surface area contributed by atoms with Crippen molar-refractivity contribution in [2.45, 2.75) is 38.6 Å². The van der Waals surface area contributed by atoms with Gasteiger partial charge in [-0.15, -0.1) is 0 Å². The monoisotopic (exact) mass is 221 g/mol. The first-order valence-electron chi connectivity index (χ1n) is 5.96. The zero-order valence-corrected chi connectivity index (χ0v) is 9.69. The summed E-state index contributed by atoms with van der Waals surface area (Å²) in [5, 5.41) is 12.4. The van der Waals surface area contributed by atoms with E-state index in [1.54, 1.807) is 6.20 Å². The van der Waals surface area contributed by atoms with Crippen LogP contribution in [0, 0.1) is 12.8 Å². The fourth-order valence-corrected chi connectivity index (χ4v) is 2.42. The van der Waals surface area contributed by atoms with E-state index in [-0.39, 0.29) is 6.61 Å². The smallest absolute Gasteiger partial charge is 0.223 e. The van der Waals surface area contributed by atoms with Crippen LogP contribution >= 0.6 is 0 Å². The lowest BCUT2D eigenvalue weighted by molar-refractivity contribution is 0.254. The Hall–Kier alpha value is -1.16. The average molecular weight is 221 g/mol. The number of anilines is 1. The lowest BCUT2D eigenvalue weighted by Gasteiger charge is -2.20. The number of aliphatic hydroxyl groups excluding tert-OH is 1. The van der Waals surface area contributed by atoms with Crippen molar-refractivity contribution >= 4 is 5.95 Å². The van der Waals surface area contributed by atoms with Gasteiger partial charge in [0.25, 0.3) is 0 Å². The van der Waals surface area contributed by atoms with Crippen molar-refractivity contribution in [3.8, 4) is 0 Å². The quantitative estimate of drug-likeness (QED) is 0.813. The standard InChI is InChI=1S/C12H19N3O/c1-9-5-7-13-12(14-9)15-11-4-2-3-10(11)6-8-16/h5,7,10-11,16H,2-4,6,8H2,1H3,(H,13,14,15). The van der Waals surface area contributed by atoms with Crippen LogP contribution in [0.5, 0.6) is 0 Å². The third-order valence-electron chi connectivity index (χ3n) is 3.27. The van der Waals surface area contributed by atoms with Crippen LogP contribution in [0.3, 0.4) is 0 Å². The zero-order valence-electron chi connectivity index (χ0n) is 9.69. The highest BCUT2D eigenvalue weighted by atomic mass is 16.3. The molecule has 88 valence electrons. The Bertz CT molecular complexity index is 343. The van der Waals surface area contributed by atoms with E-state index in [0.29, 0.717) is 12.0 Å². The van der Waals surface area contributed by atoms with Crippen LogP contribution in [0.4, 0.5) is 5.95 Å². The maximum atomic E-state index is 9.00. The second-order valence-corrected chi connectivity index (χ2v) is 4.48. The molecular weight excluding hydrogens is 202 g/mol. The third kappa shape index (κ3) is 2.70. The van der Waals surface area contributed by atoms with E-state index in [9.17, 15) is 0 Å². The van der Waals surface area contributed by atoms with Gasteiger partial charge in [0.05, 0.1) is 0 Å². The van der Waals surface area contributed by atoms with Gasteiger partial charge >= 0.3 is 0 Å². The van der Waals surface area contributed by atoms with Crippen molar-refractivity contribution in [3.05, 3.63) is 18.0 Å². The van der Waals surface area contributed by atoms with E-state index in [4.69, 9.17) is 5.11 Å². The van der Waals surface area contributed by atoms with Crippen molar-refractivity contribution in [1.29, 1.82) is 0 Å². The molecule has 2 atom stereocenters. The van der Waals surface area contributed by atoms with Gasteiger partial charge in [-0.2, -0.15) is 0 Å². The van der Waals surface area contributed by atoms with Crippen LogP contribution in [0.2, 0.25) is 0 Å². The molecule has 1 aromatic heterocycles. The number of aryl methyl sites for hydroxylation is 1. The predicted molar refractivity (Wildman–Crippen MR) is 63.2 cm³/mol. The molecule has 1 heterocycles. The molecule has 0 spiro atoms. The molecule has 0 aromatic carbocycles. The van der Waals surface area contributed by atoms with Crippen LogP contribution < -0.4 is 5.32 Å². The highest BCUT2D eigenvalue weighted by Crippen LogP contribution is 2.29. The predicted octanol–water partition coefficient (Wildman–Crippen LogP) is 1.75. The molecule has 2 rings (SSSR count). The van der Waals surface area contributed by atoms with Gasteiger partial charge in [-0.05, 0) is 38.2 Å². The van der Waals surface area contributed by atoms with Crippen LogP contribution in [0.25, 0.3) is 0 Å². The van der Waals surface area contributed by atoms with Gasteiger partial charge in [0, 0.05) is 24.5 Å². The number of nitrogens with one attached hydrogen (secondary N) is 1. The van der Waals surface area contributed by atoms with Crippen molar-refractivity contribution in [2.24, 2.45) is 5.92 Å². The second-order valence-electron chi connectivity index (χ2n) is 4.48. The number of rotatable bonds is 4. The normalized spacial score (nSPS) is 24.6. The number of aliphatic hydroxyl groups is 1. The Morgan fingerprint density at radius 1 is 1.50 bits per heavy atom. The summed E-state index contributed by atoms with van der Waals surface area (Å²) in [6, 6.07) is 2.32. The first kappa shape index (κ1) is 11.3.